The van der Waals surface area contributed by atoms with Crippen molar-refractivity contribution < 1.29 is 9.53 Å². The number of nitrogens with one attached hydrogen (secondary N) is 1. The molecule has 0 bridgehead atoms. The number of carbonyl (C=O) groups is 1. The molecule has 0 spiro atoms. The first-order chi connectivity index (χ1) is 15.7. The zero-order chi connectivity index (χ0) is 22.2. The van der Waals surface area contributed by atoms with E-state index in [9.17, 15) is 4.79 Å². The molecule has 0 saturated carbocycles. The predicted molar refractivity (Wildman–Crippen MR) is 131 cm³/mol. The molecule has 4 rings (SSSR count). The van der Waals surface area contributed by atoms with Gasteiger partial charge in [-0.25, -0.2) is 4.98 Å². The Morgan fingerprint density at radius 3 is 2.72 bits per heavy atom. The van der Waals surface area contributed by atoms with Crippen molar-refractivity contribution in [3.8, 4) is 5.75 Å². The predicted octanol–water partition coefficient (Wildman–Crippen LogP) is 5.63. The summed E-state index contributed by atoms with van der Waals surface area (Å²) in [4.78, 5) is 17.7. The molecule has 2 heterocycles. The largest absolute Gasteiger partial charge is 0.493 e. The van der Waals surface area contributed by atoms with Gasteiger partial charge >= 0.3 is 0 Å². The Kier molecular flexibility index (Phi) is 7.56. The number of hydrogen-bond acceptors (Lipinski definition) is 4. The number of unbranched alkanes of at least 4 members (excludes halogenated alkanes) is 1. The molecular weight excluding hydrogens is 418 g/mol. The van der Waals surface area contributed by atoms with E-state index in [0.717, 1.165) is 54.2 Å². The van der Waals surface area contributed by atoms with E-state index in [1.807, 2.05) is 41.8 Å². The molecule has 0 radical (unpaired) electrons. The lowest BCUT2D eigenvalue weighted by Crippen LogP contribution is -2.24. The summed E-state index contributed by atoms with van der Waals surface area (Å²) in [6.45, 7) is 4.34. The van der Waals surface area contributed by atoms with Crippen molar-refractivity contribution in [3.05, 3.63) is 82.3 Å². The second-order valence-corrected chi connectivity index (χ2v) is 8.77. The van der Waals surface area contributed by atoms with Crippen LogP contribution in [0.5, 0.6) is 5.75 Å². The molecule has 0 aliphatic heterocycles. The summed E-state index contributed by atoms with van der Waals surface area (Å²) in [5.41, 5.74) is 3.37. The van der Waals surface area contributed by atoms with E-state index in [4.69, 9.17) is 9.72 Å². The molecule has 0 aliphatic rings. The lowest BCUT2D eigenvalue weighted by atomic mass is 10.2. The molecule has 0 atom stereocenters. The first-order valence-corrected chi connectivity index (χ1v) is 12.0. The highest BCUT2D eigenvalue weighted by molar-refractivity contribution is 7.12. The summed E-state index contributed by atoms with van der Waals surface area (Å²) >= 11 is 1.46. The van der Waals surface area contributed by atoms with Gasteiger partial charge in [0.05, 0.1) is 22.5 Å². The molecule has 0 aliphatic carbocycles. The van der Waals surface area contributed by atoms with Crippen LogP contribution in [0.2, 0.25) is 0 Å². The van der Waals surface area contributed by atoms with Crippen molar-refractivity contribution in [3.63, 3.8) is 0 Å². The first kappa shape index (κ1) is 22.1. The Labute approximate surface area is 193 Å². The number of rotatable bonds is 11. The Morgan fingerprint density at radius 2 is 1.88 bits per heavy atom. The van der Waals surface area contributed by atoms with Gasteiger partial charge in [0.25, 0.3) is 5.91 Å². The number of aromatic nitrogens is 2. The van der Waals surface area contributed by atoms with E-state index < -0.39 is 0 Å². The quantitative estimate of drug-likeness (QED) is 0.303. The number of imidazole rings is 1. The molecular formula is C26H29N3O2S. The van der Waals surface area contributed by atoms with Gasteiger partial charge in [0.1, 0.15) is 11.6 Å². The number of benzene rings is 2. The highest BCUT2D eigenvalue weighted by Gasteiger charge is 2.11. The van der Waals surface area contributed by atoms with Crippen molar-refractivity contribution in [1.82, 2.24) is 14.9 Å². The van der Waals surface area contributed by atoms with Crippen LogP contribution in [0.4, 0.5) is 0 Å². The Bertz CT molecular complexity index is 1150. The van der Waals surface area contributed by atoms with Gasteiger partial charge in [-0.1, -0.05) is 36.4 Å². The van der Waals surface area contributed by atoms with Crippen LogP contribution < -0.4 is 10.1 Å². The van der Waals surface area contributed by atoms with E-state index in [1.165, 1.54) is 22.4 Å². The van der Waals surface area contributed by atoms with Gasteiger partial charge in [-0.2, -0.15) is 0 Å². The maximum Gasteiger partial charge on any atom is 0.261 e. The summed E-state index contributed by atoms with van der Waals surface area (Å²) < 4.78 is 8.27. The average molecular weight is 448 g/mol. The van der Waals surface area contributed by atoms with Crippen LogP contribution >= 0.6 is 11.3 Å². The Morgan fingerprint density at radius 1 is 1.03 bits per heavy atom. The third-order valence-electron chi connectivity index (χ3n) is 5.47. The summed E-state index contributed by atoms with van der Waals surface area (Å²) in [7, 11) is 0. The van der Waals surface area contributed by atoms with Crippen LogP contribution in [-0.2, 0) is 13.0 Å². The van der Waals surface area contributed by atoms with E-state index >= 15 is 0 Å². The van der Waals surface area contributed by atoms with Crippen LogP contribution in [0.25, 0.3) is 11.0 Å². The van der Waals surface area contributed by atoms with Gasteiger partial charge in [-0.05, 0) is 61.4 Å². The molecule has 6 heteroatoms. The SMILES string of the molecule is Cc1ccccc1OCCCCn1c(CCCNC(=O)c2cccs2)nc2ccccc21. The smallest absolute Gasteiger partial charge is 0.261 e. The number of hydrogen-bond donors (Lipinski definition) is 1. The van der Waals surface area contributed by atoms with Crippen molar-refractivity contribution in [2.75, 3.05) is 13.2 Å². The number of ether oxygens (including phenoxy) is 1. The average Bonchev–Trinajstić information content (AvgIpc) is 3.46. The molecule has 1 N–H and O–H groups in total. The lowest BCUT2D eigenvalue weighted by Gasteiger charge is -2.11. The van der Waals surface area contributed by atoms with Crippen LogP contribution in [0, 0.1) is 6.92 Å². The van der Waals surface area contributed by atoms with E-state index in [0.29, 0.717) is 13.2 Å². The fraction of sp³-hybridized carbons (Fsp3) is 0.308. The second-order valence-electron chi connectivity index (χ2n) is 7.83. The minimum atomic E-state index is 0.00200. The minimum Gasteiger partial charge on any atom is -0.493 e. The fourth-order valence-corrected chi connectivity index (χ4v) is 4.42. The number of para-hydroxylation sites is 3. The van der Waals surface area contributed by atoms with E-state index in [-0.39, 0.29) is 5.91 Å². The number of amides is 1. The molecule has 0 unspecified atom stereocenters. The van der Waals surface area contributed by atoms with Gasteiger partial charge in [0.15, 0.2) is 0 Å². The number of carbonyl (C=O) groups excluding carboxylic acids is 1. The minimum absolute atomic E-state index is 0.00200. The van der Waals surface area contributed by atoms with E-state index in [2.05, 4.69) is 41.1 Å². The summed E-state index contributed by atoms with van der Waals surface area (Å²) in [5.74, 6) is 2.05. The second kappa shape index (κ2) is 11.0. The zero-order valence-corrected chi connectivity index (χ0v) is 19.2. The van der Waals surface area contributed by atoms with Gasteiger partial charge in [-0.15, -0.1) is 11.3 Å². The van der Waals surface area contributed by atoms with E-state index in [1.54, 1.807) is 0 Å². The first-order valence-electron chi connectivity index (χ1n) is 11.2. The van der Waals surface area contributed by atoms with Crippen molar-refractivity contribution in [2.45, 2.75) is 39.2 Å². The van der Waals surface area contributed by atoms with Crippen molar-refractivity contribution in [1.29, 1.82) is 0 Å². The molecule has 0 saturated heterocycles. The number of fused-ring (bicyclic) bond motifs is 1. The summed E-state index contributed by atoms with van der Waals surface area (Å²) in [6, 6.07) is 20.2. The molecule has 1 amide bonds. The molecule has 5 nitrogen and oxygen atoms in total. The van der Waals surface area contributed by atoms with Gasteiger partial charge in [-0.3, -0.25) is 4.79 Å². The standard InChI is InChI=1S/C26H29N3O2S/c1-20-10-2-5-13-23(20)31-18-7-6-17-29-22-12-4-3-11-21(22)28-25(29)15-8-16-27-26(30)24-14-9-19-32-24/h2-5,9-14,19H,6-8,15-18H2,1H3,(H,27,30). The number of nitrogens with zero attached hydrogens (tertiary/aromatic N) is 2. The highest BCUT2D eigenvalue weighted by Crippen LogP contribution is 2.19. The van der Waals surface area contributed by atoms with Crippen LogP contribution in [-0.4, -0.2) is 28.6 Å². The Hall–Kier alpha value is -3.12. The summed E-state index contributed by atoms with van der Waals surface area (Å²) in [5, 5.41) is 4.93. The highest BCUT2D eigenvalue weighted by atomic mass is 32.1. The van der Waals surface area contributed by atoms with Crippen molar-refractivity contribution in [2.24, 2.45) is 0 Å². The molecule has 2 aromatic carbocycles. The number of aryl methyl sites for hydroxylation is 3. The van der Waals surface area contributed by atoms with Gasteiger partial charge in [0, 0.05) is 19.5 Å². The maximum absolute atomic E-state index is 12.1. The van der Waals surface area contributed by atoms with Gasteiger partial charge < -0.3 is 14.6 Å². The Balaban J connectivity index is 1.30. The molecule has 0 fully saturated rings. The molecule has 166 valence electrons. The number of thiophene rings is 1. The van der Waals surface area contributed by atoms with Crippen LogP contribution in [0.3, 0.4) is 0 Å². The maximum atomic E-state index is 12.1. The normalized spacial score (nSPS) is 11.0. The van der Waals surface area contributed by atoms with Crippen molar-refractivity contribution >= 4 is 28.3 Å². The fourth-order valence-electron chi connectivity index (χ4n) is 3.78. The zero-order valence-electron chi connectivity index (χ0n) is 18.4. The topological polar surface area (TPSA) is 56.1 Å². The third kappa shape index (κ3) is 5.56. The molecule has 4 aromatic rings. The molecule has 2 aromatic heterocycles. The lowest BCUT2D eigenvalue weighted by molar-refractivity contribution is 0.0957. The summed E-state index contributed by atoms with van der Waals surface area (Å²) in [6.07, 6.45) is 3.70. The monoisotopic (exact) mass is 447 g/mol. The van der Waals surface area contributed by atoms with Crippen LogP contribution in [0.1, 0.15) is 40.3 Å². The third-order valence-corrected chi connectivity index (χ3v) is 6.34. The van der Waals surface area contributed by atoms with Gasteiger partial charge in [0.2, 0.25) is 0 Å². The van der Waals surface area contributed by atoms with Crippen LogP contribution in [0.15, 0.2) is 66.0 Å². The molecule has 32 heavy (non-hydrogen) atoms.